The summed E-state index contributed by atoms with van der Waals surface area (Å²) < 4.78 is 2.50. The standard InChI is InChI=1S/C26H38N4O3S2/c1-2-35-29-16-14-28(15-17-29)13-6-4-3-5-7-18-34-23-10-8-9-20-21(23)19-30(26(20)33)22-11-12-24(31)27-25(22)32/h8-10,22H,2-7,11-19H2,1H3,(H,27,31,32). The second-order valence-electron chi connectivity index (χ2n) is 9.49. The lowest BCUT2D eigenvalue weighted by Gasteiger charge is -2.33. The maximum absolute atomic E-state index is 13.0. The highest BCUT2D eigenvalue weighted by Gasteiger charge is 2.39. The molecule has 4 rings (SSSR count). The number of hydrogen-bond donors (Lipinski definition) is 1. The minimum atomic E-state index is -0.551. The Hall–Kier alpha value is -1.55. The fourth-order valence-corrected chi connectivity index (χ4v) is 6.99. The van der Waals surface area contributed by atoms with Crippen LogP contribution in [0.2, 0.25) is 0 Å². The summed E-state index contributed by atoms with van der Waals surface area (Å²) in [5, 5.41) is 2.37. The highest BCUT2D eigenvalue weighted by Crippen LogP contribution is 2.34. The second-order valence-corrected chi connectivity index (χ2v) is 12.0. The Kier molecular flexibility index (Phi) is 9.94. The molecule has 0 bridgehead atoms. The number of rotatable bonds is 12. The Bertz CT molecular complexity index is 905. The van der Waals surface area contributed by atoms with E-state index in [1.807, 2.05) is 35.8 Å². The van der Waals surface area contributed by atoms with Gasteiger partial charge in [-0.05, 0) is 49.3 Å². The normalized spacial score (nSPS) is 21.5. The topological polar surface area (TPSA) is 73.0 Å². The zero-order valence-corrected chi connectivity index (χ0v) is 22.4. The van der Waals surface area contributed by atoms with Crippen LogP contribution in [0.15, 0.2) is 23.1 Å². The number of carbonyl (C=O) groups is 3. The van der Waals surface area contributed by atoms with Crippen LogP contribution in [0.4, 0.5) is 0 Å². The van der Waals surface area contributed by atoms with Crippen molar-refractivity contribution in [3.8, 4) is 0 Å². The fraction of sp³-hybridized carbons (Fsp3) is 0.654. The van der Waals surface area contributed by atoms with Crippen LogP contribution in [0, 0.1) is 0 Å². The van der Waals surface area contributed by atoms with E-state index in [4.69, 9.17) is 0 Å². The zero-order chi connectivity index (χ0) is 24.6. The van der Waals surface area contributed by atoms with Gasteiger partial charge in [0, 0.05) is 55.4 Å². The molecule has 9 heteroatoms. The Balaban J connectivity index is 1.13. The van der Waals surface area contributed by atoms with Crippen LogP contribution < -0.4 is 5.32 Å². The molecular weight excluding hydrogens is 480 g/mol. The minimum absolute atomic E-state index is 0.0949. The van der Waals surface area contributed by atoms with Crippen molar-refractivity contribution < 1.29 is 14.4 Å². The summed E-state index contributed by atoms with van der Waals surface area (Å²) in [4.78, 5) is 42.1. The van der Waals surface area contributed by atoms with Gasteiger partial charge < -0.3 is 9.80 Å². The molecule has 2 saturated heterocycles. The molecule has 0 aromatic heterocycles. The van der Waals surface area contributed by atoms with Crippen molar-refractivity contribution in [3.05, 3.63) is 29.3 Å². The average molecular weight is 519 g/mol. The number of piperazine rings is 1. The summed E-state index contributed by atoms with van der Waals surface area (Å²) in [6, 6.07) is 5.33. The third-order valence-electron chi connectivity index (χ3n) is 7.06. The highest BCUT2D eigenvalue weighted by atomic mass is 32.2. The summed E-state index contributed by atoms with van der Waals surface area (Å²) in [6.45, 7) is 8.69. The van der Waals surface area contributed by atoms with Crippen LogP contribution >= 0.6 is 23.7 Å². The van der Waals surface area contributed by atoms with Gasteiger partial charge in [0.2, 0.25) is 11.8 Å². The van der Waals surface area contributed by atoms with E-state index in [-0.39, 0.29) is 24.1 Å². The number of piperidine rings is 1. The Labute approximate surface area is 217 Å². The number of unbranched alkanes of at least 4 members (excludes halogenated alkanes) is 4. The van der Waals surface area contributed by atoms with Crippen LogP contribution in [0.1, 0.15) is 67.8 Å². The summed E-state index contributed by atoms with van der Waals surface area (Å²) in [7, 11) is 0. The SMILES string of the molecule is CCSN1CCN(CCCCCCCSc2cccc3c2CN(C2CCC(=O)NC2=O)C3=O)CC1. The molecule has 1 aromatic carbocycles. The molecule has 3 aliphatic heterocycles. The van der Waals surface area contributed by atoms with E-state index in [0.717, 1.165) is 16.2 Å². The fourth-order valence-electron chi connectivity index (χ4n) is 5.11. The van der Waals surface area contributed by atoms with Crippen molar-refractivity contribution in [2.45, 2.75) is 69.4 Å². The van der Waals surface area contributed by atoms with Crippen LogP contribution in [0.3, 0.4) is 0 Å². The maximum Gasteiger partial charge on any atom is 0.255 e. The van der Waals surface area contributed by atoms with Gasteiger partial charge in [-0.1, -0.05) is 44.2 Å². The van der Waals surface area contributed by atoms with Gasteiger partial charge in [-0.15, -0.1) is 11.8 Å². The molecule has 1 atom stereocenters. The lowest BCUT2D eigenvalue weighted by atomic mass is 10.0. The molecule has 2 fully saturated rings. The molecule has 3 aliphatic rings. The Morgan fingerprint density at radius 2 is 1.77 bits per heavy atom. The van der Waals surface area contributed by atoms with Gasteiger partial charge in [0.15, 0.2) is 0 Å². The first-order chi connectivity index (χ1) is 17.1. The summed E-state index contributed by atoms with van der Waals surface area (Å²) in [5.41, 5.74) is 1.73. The van der Waals surface area contributed by atoms with Gasteiger partial charge in [0.25, 0.3) is 5.91 Å². The van der Waals surface area contributed by atoms with Crippen molar-refractivity contribution in [2.24, 2.45) is 0 Å². The molecule has 0 saturated carbocycles. The number of imide groups is 1. The molecule has 0 aliphatic carbocycles. The average Bonchev–Trinajstić information content (AvgIpc) is 3.19. The van der Waals surface area contributed by atoms with Crippen molar-refractivity contribution in [1.82, 2.24) is 19.4 Å². The van der Waals surface area contributed by atoms with E-state index in [9.17, 15) is 14.4 Å². The Morgan fingerprint density at radius 3 is 2.54 bits per heavy atom. The summed E-state index contributed by atoms with van der Waals surface area (Å²) >= 11 is 3.78. The zero-order valence-electron chi connectivity index (χ0n) is 20.8. The van der Waals surface area contributed by atoms with E-state index >= 15 is 0 Å². The van der Waals surface area contributed by atoms with Gasteiger partial charge in [-0.3, -0.25) is 19.7 Å². The Morgan fingerprint density at radius 1 is 1.00 bits per heavy atom. The van der Waals surface area contributed by atoms with E-state index in [0.29, 0.717) is 18.5 Å². The molecule has 1 unspecified atom stereocenters. The van der Waals surface area contributed by atoms with Gasteiger partial charge in [0.1, 0.15) is 6.04 Å². The second kappa shape index (κ2) is 13.1. The number of benzene rings is 1. The first-order valence-corrected chi connectivity index (χ1v) is 15.0. The number of nitrogens with zero attached hydrogens (tertiary/aromatic N) is 3. The maximum atomic E-state index is 13.0. The smallest absolute Gasteiger partial charge is 0.255 e. The predicted octanol–water partition coefficient (Wildman–Crippen LogP) is 3.78. The summed E-state index contributed by atoms with van der Waals surface area (Å²) in [6.07, 6.45) is 6.97. The van der Waals surface area contributed by atoms with E-state index in [2.05, 4.69) is 27.5 Å². The number of fused-ring (bicyclic) bond motifs is 1. The highest BCUT2D eigenvalue weighted by molar-refractivity contribution is 7.99. The van der Waals surface area contributed by atoms with Gasteiger partial charge >= 0.3 is 0 Å². The van der Waals surface area contributed by atoms with Crippen molar-refractivity contribution in [2.75, 3.05) is 44.2 Å². The number of amides is 3. The molecule has 1 aromatic rings. The van der Waals surface area contributed by atoms with Crippen LogP contribution in [-0.4, -0.2) is 82.1 Å². The summed E-state index contributed by atoms with van der Waals surface area (Å²) in [5.74, 6) is 1.51. The molecule has 3 heterocycles. The van der Waals surface area contributed by atoms with E-state index in [1.165, 1.54) is 70.6 Å². The third-order valence-corrected chi connectivity index (χ3v) is 9.23. The van der Waals surface area contributed by atoms with Crippen LogP contribution in [0.25, 0.3) is 0 Å². The number of nitrogens with one attached hydrogen (secondary N) is 1. The first-order valence-electron chi connectivity index (χ1n) is 13.1. The lowest BCUT2D eigenvalue weighted by molar-refractivity contribution is -0.136. The van der Waals surface area contributed by atoms with Crippen molar-refractivity contribution >= 4 is 41.4 Å². The molecule has 7 nitrogen and oxygen atoms in total. The van der Waals surface area contributed by atoms with E-state index in [1.54, 1.807) is 4.90 Å². The van der Waals surface area contributed by atoms with Crippen molar-refractivity contribution in [3.63, 3.8) is 0 Å². The minimum Gasteiger partial charge on any atom is -0.322 e. The molecule has 35 heavy (non-hydrogen) atoms. The van der Waals surface area contributed by atoms with E-state index < -0.39 is 6.04 Å². The third kappa shape index (κ3) is 7.02. The van der Waals surface area contributed by atoms with Gasteiger partial charge in [-0.2, -0.15) is 0 Å². The number of hydrogen-bond acceptors (Lipinski definition) is 7. The van der Waals surface area contributed by atoms with Crippen LogP contribution in [-0.2, 0) is 16.1 Å². The molecule has 0 radical (unpaired) electrons. The van der Waals surface area contributed by atoms with Gasteiger partial charge in [-0.25, -0.2) is 4.31 Å². The molecule has 192 valence electrons. The van der Waals surface area contributed by atoms with Crippen molar-refractivity contribution in [1.29, 1.82) is 0 Å². The molecular formula is C26H38N4O3S2. The van der Waals surface area contributed by atoms with Gasteiger partial charge in [0.05, 0.1) is 0 Å². The quantitative estimate of drug-likeness (QED) is 0.195. The largest absolute Gasteiger partial charge is 0.322 e. The molecule has 0 spiro atoms. The first kappa shape index (κ1) is 26.5. The molecule has 3 amide bonds. The van der Waals surface area contributed by atoms with Crippen LogP contribution in [0.5, 0.6) is 0 Å². The monoisotopic (exact) mass is 518 g/mol. The predicted molar refractivity (Wildman–Crippen MR) is 142 cm³/mol. The number of carbonyl (C=O) groups excluding carboxylic acids is 3. The molecule has 1 N–H and O–H groups in total. The lowest BCUT2D eigenvalue weighted by Crippen LogP contribution is -2.52. The number of thioether (sulfide) groups is 1.